The molecule has 0 radical (unpaired) electrons. The van der Waals surface area contributed by atoms with Crippen molar-refractivity contribution in [1.82, 2.24) is 10.6 Å². The van der Waals surface area contributed by atoms with Crippen LogP contribution in [0.4, 0.5) is 4.79 Å². The lowest BCUT2D eigenvalue weighted by Crippen LogP contribution is -2.45. The average Bonchev–Trinajstić information content (AvgIpc) is 2.72. The second-order valence-corrected chi connectivity index (χ2v) is 7.74. The molecule has 1 aliphatic rings. The van der Waals surface area contributed by atoms with Crippen molar-refractivity contribution in [1.29, 1.82) is 0 Å². The Morgan fingerprint density at radius 2 is 1.68 bits per heavy atom. The van der Waals surface area contributed by atoms with Crippen LogP contribution in [-0.2, 0) is 9.53 Å². The van der Waals surface area contributed by atoms with Crippen molar-refractivity contribution < 1.29 is 23.8 Å². The fourth-order valence-corrected chi connectivity index (χ4v) is 3.34. The van der Waals surface area contributed by atoms with Crippen molar-refractivity contribution in [3.63, 3.8) is 0 Å². The van der Waals surface area contributed by atoms with E-state index in [9.17, 15) is 9.59 Å². The number of esters is 1. The maximum atomic E-state index is 13.1. The zero-order valence-corrected chi connectivity index (χ0v) is 18.4. The first-order valence-corrected chi connectivity index (χ1v) is 10.2. The quantitative estimate of drug-likeness (QED) is 0.651. The molecule has 0 saturated carbocycles. The Morgan fingerprint density at radius 1 is 0.968 bits per heavy atom. The third-order valence-corrected chi connectivity index (χ3v) is 4.58. The summed E-state index contributed by atoms with van der Waals surface area (Å²) >= 11 is 0. The van der Waals surface area contributed by atoms with Crippen LogP contribution < -0.4 is 20.1 Å². The van der Waals surface area contributed by atoms with Crippen LogP contribution in [0.15, 0.2) is 54.1 Å². The molecule has 7 nitrogen and oxygen atoms in total. The number of ether oxygens (including phenoxy) is 3. The van der Waals surface area contributed by atoms with E-state index in [4.69, 9.17) is 14.2 Å². The van der Waals surface area contributed by atoms with Gasteiger partial charge in [0, 0.05) is 0 Å². The summed E-state index contributed by atoms with van der Waals surface area (Å²) < 4.78 is 16.5. The van der Waals surface area contributed by atoms with Crippen LogP contribution in [-0.4, -0.2) is 31.3 Å². The fourth-order valence-electron chi connectivity index (χ4n) is 3.34. The topological polar surface area (TPSA) is 85.9 Å². The van der Waals surface area contributed by atoms with Crippen LogP contribution in [0.1, 0.15) is 44.9 Å². The molecule has 7 heteroatoms. The number of amides is 2. The first kappa shape index (κ1) is 22.2. The Morgan fingerprint density at radius 3 is 2.29 bits per heavy atom. The number of urea groups is 1. The Hall–Kier alpha value is -3.48. The maximum Gasteiger partial charge on any atom is 0.338 e. The van der Waals surface area contributed by atoms with Gasteiger partial charge in [0.05, 0.1) is 36.6 Å². The molecule has 0 fully saturated rings. The first-order chi connectivity index (χ1) is 14.8. The number of rotatable bonds is 7. The summed E-state index contributed by atoms with van der Waals surface area (Å²) in [5, 5.41) is 5.63. The number of carbonyl (C=O) groups is 2. The zero-order valence-electron chi connectivity index (χ0n) is 18.4. The summed E-state index contributed by atoms with van der Waals surface area (Å²) in [6, 6.07) is 13.4. The predicted octanol–water partition coefficient (Wildman–Crippen LogP) is 4.20. The number of nitrogens with one attached hydrogen (secondary N) is 2. The highest BCUT2D eigenvalue weighted by atomic mass is 16.5. The number of hydrogen-bond donors (Lipinski definition) is 2. The highest BCUT2D eigenvalue weighted by Gasteiger charge is 2.35. The van der Waals surface area contributed by atoms with E-state index in [1.807, 2.05) is 38.1 Å². The van der Waals surface area contributed by atoms with E-state index >= 15 is 0 Å². The molecular weight excluding hydrogens is 396 g/mol. The lowest BCUT2D eigenvalue weighted by Gasteiger charge is -2.30. The van der Waals surface area contributed by atoms with Crippen LogP contribution in [0, 0.1) is 0 Å². The van der Waals surface area contributed by atoms with Crippen LogP contribution in [0.2, 0.25) is 0 Å². The van der Waals surface area contributed by atoms with Gasteiger partial charge in [0.2, 0.25) is 0 Å². The molecule has 2 amide bonds. The van der Waals surface area contributed by atoms with Crippen molar-refractivity contribution in [2.75, 3.05) is 7.11 Å². The largest absolute Gasteiger partial charge is 0.497 e. The molecule has 2 aromatic carbocycles. The standard InChI is InChI=1S/C24H28N2O5/c1-14(2)30-19-8-6-7-17(13-19)22-20(23(27)31-15(3)4)21(25-24(28)26-22)16-9-11-18(29-5)12-10-16/h6-15,22H,1-5H3,(H2,25,26,28). The van der Waals surface area contributed by atoms with Crippen molar-refractivity contribution >= 4 is 17.7 Å². The molecule has 2 aromatic rings. The van der Waals surface area contributed by atoms with Gasteiger partial charge in [-0.2, -0.15) is 0 Å². The number of methoxy groups -OCH3 is 1. The molecular formula is C24H28N2O5. The molecule has 0 spiro atoms. The van der Waals surface area contributed by atoms with E-state index in [-0.39, 0.29) is 12.2 Å². The summed E-state index contributed by atoms with van der Waals surface area (Å²) in [5.41, 5.74) is 2.11. The maximum absolute atomic E-state index is 13.1. The minimum absolute atomic E-state index is 0.00589. The smallest absolute Gasteiger partial charge is 0.338 e. The molecule has 0 bridgehead atoms. The van der Waals surface area contributed by atoms with Gasteiger partial charge in [0.1, 0.15) is 11.5 Å². The molecule has 1 heterocycles. The third-order valence-electron chi connectivity index (χ3n) is 4.58. The molecule has 1 unspecified atom stereocenters. The molecule has 1 atom stereocenters. The van der Waals surface area contributed by atoms with Crippen LogP contribution in [0.5, 0.6) is 11.5 Å². The van der Waals surface area contributed by atoms with Crippen molar-refractivity contribution in [2.45, 2.75) is 45.9 Å². The lowest BCUT2D eigenvalue weighted by molar-refractivity contribution is -0.143. The Bertz CT molecular complexity index is 980. The Labute approximate surface area is 182 Å². The summed E-state index contributed by atoms with van der Waals surface area (Å²) in [6.45, 7) is 7.44. The van der Waals surface area contributed by atoms with E-state index in [1.54, 1.807) is 45.2 Å². The SMILES string of the molecule is COc1ccc(C2=C(C(=O)OC(C)C)C(c3cccc(OC(C)C)c3)NC(=O)N2)cc1. The molecule has 1 aliphatic heterocycles. The van der Waals surface area contributed by atoms with Crippen molar-refractivity contribution in [2.24, 2.45) is 0 Å². The number of carbonyl (C=O) groups excluding carboxylic acids is 2. The molecule has 3 rings (SSSR count). The van der Waals surface area contributed by atoms with Gasteiger partial charge in [-0.1, -0.05) is 12.1 Å². The van der Waals surface area contributed by atoms with Gasteiger partial charge in [-0.25, -0.2) is 9.59 Å². The molecule has 2 N–H and O–H groups in total. The van der Waals surface area contributed by atoms with E-state index in [0.717, 1.165) is 5.56 Å². The summed E-state index contributed by atoms with van der Waals surface area (Å²) in [4.78, 5) is 25.7. The second kappa shape index (κ2) is 9.55. The minimum atomic E-state index is -0.701. The normalized spacial score (nSPS) is 16.1. The van der Waals surface area contributed by atoms with Crippen LogP contribution >= 0.6 is 0 Å². The third kappa shape index (κ3) is 5.36. The average molecular weight is 424 g/mol. The van der Waals surface area contributed by atoms with Crippen molar-refractivity contribution in [3.8, 4) is 11.5 Å². The Balaban J connectivity index is 2.13. The van der Waals surface area contributed by atoms with Gasteiger partial charge in [0.25, 0.3) is 0 Å². The van der Waals surface area contributed by atoms with E-state index in [1.165, 1.54) is 0 Å². The van der Waals surface area contributed by atoms with Gasteiger partial charge < -0.3 is 24.8 Å². The van der Waals surface area contributed by atoms with Gasteiger partial charge in [-0.3, -0.25) is 0 Å². The van der Waals surface area contributed by atoms with Gasteiger partial charge in [-0.05, 0) is 75.2 Å². The molecule has 0 saturated heterocycles. The lowest BCUT2D eigenvalue weighted by atomic mass is 9.92. The van der Waals surface area contributed by atoms with Crippen LogP contribution in [0.3, 0.4) is 0 Å². The monoisotopic (exact) mass is 424 g/mol. The summed E-state index contributed by atoms with van der Waals surface area (Å²) in [7, 11) is 1.58. The molecule has 164 valence electrons. The van der Waals surface area contributed by atoms with E-state index in [0.29, 0.717) is 28.3 Å². The van der Waals surface area contributed by atoms with Gasteiger partial charge >= 0.3 is 12.0 Å². The first-order valence-electron chi connectivity index (χ1n) is 10.2. The highest BCUT2D eigenvalue weighted by molar-refractivity contribution is 6.04. The molecule has 0 aliphatic carbocycles. The van der Waals surface area contributed by atoms with E-state index in [2.05, 4.69) is 10.6 Å². The number of hydrogen-bond acceptors (Lipinski definition) is 5. The minimum Gasteiger partial charge on any atom is -0.497 e. The Kier molecular flexibility index (Phi) is 6.84. The zero-order chi connectivity index (χ0) is 22.5. The highest BCUT2D eigenvalue weighted by Crippen LogP contribution is 2.34. The fraction of sp³-hybridized carbons (Fsp3) is 0.333. The van der Waals surface area contributed by atoms with E-state index < -0.39 is 18.0 Å². The van der Waals surface area contributed by atoms with Gasteiger partial charge in [0.15, 0.2) is 0 Å². The molecule has 31 heavy (non-hydrogen) atoms. The summed E-state index contributed by atoms with van der Waals surface area (Å²) in [6.07, 6.45) is -0.320. The van der Waals surface area contributed by atoms with Gasteiger partial charge in [-0.15, -0.1) is 0 Å². The number of benzene rings is 2. The molecule has 0 aromatic heterocycles. The van der Waals surface area contributed by atoms with Crippen LogP contribution in [0.25, 0.3) is 5.70 Å². The summed E-state index contributed by atoms with van der Waals surface area (Å²) in [5.74, 6) is 0.822. The van der Waals surface area contributed by atoms with Crippen molar-refractivity contribution in [3.05, 3.63) is 65.2 Å². The second-order valence-electron chi connectivity index (χ2n) is 7.74. The predicted molar refractivity (Wildman–Crippen MR) is 118 cm³/mol.